The van der Waals surface area contributed by atoms with Crippen molar-refractivity contribution in [1.82, 2.24) is 0 Å². The molecule has 0 saturated carbocycles. The SMILES string of the molecule is C.C=C/C(C)=C(/C)C=C. The molecule has 0 heterocycles. The molecule has 0 aromatic heterocycles. The van der Waals surface area contributed by atoms with Gasteiger partial charge in [-0.25, -0.2) is 0 Å². The summed E-state index contributed by atoms with van der Waals surface area (Å²) in [6, 6.07) is 0. The van der Waals surface area contributed by atoms with Crippen LogP contribution in [0.15, 0.2) is 36.5 Å². The number of allylic oxidation sites excluding steroid dienone is 4. The highest BCUT2D eigenvalue weighted by Crippen LogP contribution is 2.02. The van der Waals surface area contributed by atoms with Crippen LogP contribution in [-0.2, 0) is 0 Å². The standard InChI is InChI=1S/C8H12.CH4/c1-5-7(3)8(4)6-2;/h5-6H,1-2H2,3-4H3;1H4/b8-7-;. The maximum absolute atomic E-state index is 3.62. The van der Waals surface area contributed by atoms with E-state index in [2.05, 4.69) is 13.2 Å². The van der Waals surface area contributed by atoms with Gasteiger partial charge in [-0.3, -0.25) is 0 Å². The van der Waals surface area contributed by atoms with Gasteiger partial charge in [0, 0.05) is 0 Å². The molecule has 0 aliphatic heterocycles. The Balaban J connectivity index is 0. The minimum absolute atomic E-state index is 0. The highest BCUT2D eigenvalue weighted by molar-refractivity contribution is 5.27. The van der Waals surface area contributed by atoms with Crippen LogP contribution < -0.4 is 0 Å². The fraction of sp³-hybridized carbons (Fsp3) is 0.333. The Morgan fingerprint density at radius 1 is 1.00 bits per heavy atom. The minimum Gasteiger partial charge on any atom is -0.0988 e. The molecule has 0 spiro atoms. The third-order valence-corrected chi connectivity index (χ3v) is 1.23. The normalized spacial score (nSPS) is 10.9. The first-order chi connectivity index (χ1) is 3.72. The summed E-state index contributed by atoms with van der Waals surface area (Å²) >= 11 is 0. The predicted molar refractivity (Wildman–Crippen MR) is 45.5 cm³/mol. The Kier molecular flexibility index (Phi) is 6.59. The molecule has 0 N–H and O–H groups in total. The van der Waals surface area contributed by atoms with Gasteiger partial charge in [-0.15, -0.1) is 0 Å². The zero-order valence-electron chi connectivity index (χ0n) is 5.57. The van der Waals surface area contributed by atoms with E-state index in [-0.39, 0.29) is 7.43 Å². The zero-order valence-corrected chi connectivity index (χ0v) is 5.57. The maximum atomic E-state index is 3.62. The molecule has 0 aliphatic rings. The van der Waals surface area contributed by atoms with Crippen LogP contribution in [0.5, 0.6) is 0 Å². The van der Waals surface area contributed by atoms with E-state index in [1.807, 2.05) is 26.0 Å². The van der Waals surface area contributed by atoms with Gasteiger partial charge in [0.2, 0.25) is 0 Å². The summed E-state index contributed by atoms with van der Waals surface area (Å²) in [4.78, 5) is 0. The lowest BCUT2D eigenvalue weighted by atomic mass is 10.1. The van der Waals surface area contributed by atoms with Crippen molar-refractivity contribution in [2.75, 3.05) is 0 Å². The predicted octanol–water partition coefficient (Wildman–Crippen LogP) is 3.33. The number of hydrogen-bond acceptors (Lipinski definition) is 0. The largest absolute Gasteiger partial charge is 0.0988 e. The Labute approximate surface area is 58.6 Å². The Hall–Kier alpha value is -0.780. The van der Waals surface area contributed by atoms with Crippen molar-refractivity contribution in [3.8, 4) is 0 Å². The maximum Gasteiger partial charge on any atom is -0.0395 e. The van der Waals surface area contributed by atoms with Crippen molar-refractivity contribution >= 4 is 0 Å². The molecule has 0 aliphatic carbocycles. The molecule has 0 saturated heterocycles. The van der Waals surface area contributed by atoms with E-state index >= 15 is 0 Å². The lowest BCUT2D eigenvalue weighted by molar-refractivity contribution is 1.39. The van der Waals surface area contributed by atoms with Gasteiger partial charge in [0.25, 0.3) is 0 Å². The molecule has 52 valence electrons. The second-order valence-electron chi connectivity index (χ2n) is 1.77. The summed E-state index contributed by atoms with van der Waals surface area (Å²) < 4.78 is 0. The molecular weight excluding hydrogens is 108 g/mol. The molecule has 0 bridgehead atoms. The van der Waals surface area contributed by atoms with Crippen LogP contribution >= 0.6 is 0 Å². The Bertz CT molecular complexity index is 111. The minimum atomic E-state index is 0. The molecule has 0 amide bonds. The van der Waals surface area contributed by atoms with Crippen LogP contribution in [0.1, 0.15) is 21.3 Å². The molecule has 0 aromatic carbocycles. The van der Waals surface area contributed by atoms with E-state index in [0.29, 0.717) is 0 Å². The number of rotatable bonds is 2. The van der Waals surface area contributed by atoms with Gasteiger partial charge in [-0.1, -0.05) is 32.7 Å². The van der Waals surface area contributed by atoms with Gasteiger partial charge >= 0.3 is 0 Å². The van der Waals surface area contributed by atoms with E-state index in [0.717, 1.165) is 0 Å². The second kappa shape index (κ2) is 5.36. The molecule has 0 aromatic rings. The highest BCUT2D eigenvalue weighted by Gasteiger charge is 1.82. The van der Waals surface area contributed by atoms with Gasteiger partial charge in [0.05, 0.1) is 0 Å². The summed E-state index contributed by atoms with van der Waals surface area (Å²) in [5, 5.41) is 0. The van der Waals surface area contributed by atoms with Crippen molar-refractivity contribution in [3.63, 3.8) is 0 Å². The summed E-state index contributed by atoms with van der Waals surface area (Å²) in [6.07, 6.45) is 3.66. The molecule has 0 radical (unpaired) electrons. The summed E-state index contributed by atoms with van der Waals surface area (Å²) in [7, 11) is 0. The topological polar surface area (TPSA) is 0 Å². The first-order valence-corrected chi connectivity index (χ1v) is 2.64. The quantitative estimate of drug-likeness (QED) is 0.495. The average Bonchev–Trinajstić information content (AvgIpc) is 1.84. The van der Waals surface area contributed by atoms with Crippen molar-refractivity contribution in [3.05, 3.63) is 36.5 Å². The van der Waals surface area contributed by atoms with Crippen LogP contribution in [0.2, 0.25) is 0 Å². The second-order valence-corrected chi connectivity index (χ2v) is 1.77. The molecule has 0 nitrogen and oxygen atoms in total. The van der Waals surface area contributed by atoms with Gasteiger partial charge in [-0.2, -0.15) is 0 Å². The van der Waals surface area contributed by atoms with Crippen molar-refractivity contribution < 1.29 is 0 Å². The smallest absolute Gasteiger partial charge is 0.0395 e. The molecule has 0 unspecified atom stereocenters. The van der Waals surface area contributed by atoms with Crippen molar-refractivity contribution in [2.24, 2.45) is 0 Å². The Morgan fingerprint density at radius 2 is 1.22 bits per heavy atom. The summed E-state index contributed by atoms with van der Waals surface area (Å²) in [5.74, 6) is 0. The van der Waals surface area contributed by atoms with Crippen LogP contribution in [0, 0.1) is 0 Å². The van der Waals surface area contributed by atoms with E-state index in [1.165, 1.54) is 11.1 Å². The third-order valence-electron chi connectivity index (χ3n) is 1.23. The van der Waals surface area contributed by atoms with Gasteiger partial charge in [0.1, 0.15) is 0 Å². The van der Waals surface area contributed by atoms with Crippen molar-refractivity contribution in [1.29, 1.82) is 0 Å². The van der Waals surface area contributed by atoms with Crippen LogP contribution in [-0.4, -0.2) is 0 Å². The molecular formula is C9H16. The van der Waals surface area contributed by atoms with Gasteiger partial charge in [-0.05, 0) is 25.0 Å². The van der Waals surface area contributed by atoms with Gasteiger partial charge < -0.3 is 0 Å². The highest BCUT2D eigenvalue weighted by atomic mass is 13.9. The van der Waals surface area contributed by atoms with Crippen LogP contribution in [0.25, 0.3) is 0 Å². The average molecular weight is 124 g/mol. The van der Waals surface area contributed by atoms with E-state index in [1.54, 1.807) is 0 Å². The molecule has 0 atom stereocenters. The van der Waals surface area contributed by atoms with Gasteiger partial charge in [0.15, 0.2) is 0 Å². The van der Waals surface area contributed by atoms with E-state index in [9.17, 15) is 0 Å². The molecule has 0 fully saturated rings. The molecule has 9 heavy (non-hydrogen) atoms. The van der Waals surface area contributed by atoms with Crippen LogP contribution in [0.3, 0.4) is 0 Å². The first-order valence-electron chi connectivity index (χ1n) is 2.64. The van der Waals surface area contributed by atoms with Crippen LogP contribution in [0.4, 0.5) is 0 Å². The summed E-state index contributed by atoms with van der Waals surface area (Å²) in [5.41, 5.74) is 2.39. The molecule has 0 heteroatoms. The first kappa shape index (κ1) is 11.1. The lowest BCUT2D eigenvalue weighted by Crippen LogP contribution is -1.71. The third kappa shape index (κ3) is 3.77. The number of hydrogen-bond donors (Lipinski definition) is 0. The zero-order chi connectivity index (χ0) is 6.57. The van der Waals surface area contributed by atoms with E-state index in [4.69, 9.17) is 0 Å². The fourth-order valence-electron chi connectivity index (χ4n) is 0.322. The Morgan fingerprint density at radius 3 is 1.33 bits per heavy atom. The summed E-state index contributed by atoms with van der Waals surface area (Å²) in [6.45, 7) is 11.3. The van der Waals surface area contributed by atoms with Crippen molar-refractivity contribution in [2.45, 2.75) is 21.3 Å². The molecule has 0 rings (SSSR count). The monoisotopic (exact) mass is 124 g/mol. The van der Waals surface area contributed by atoms with E-state index < -0.39 is 0 Å². The lowest BCUT2D eigenvalue weighted by Gasteiger charge is -1.92. The fourth-order valence-corrected chi connectivity index (χ4v) is 0.322.